The van der Waals surface area contributed by atoms with Crippen molar-refractivity contribution in [2.75, 3.05) is 26.2 Å². The quantitative estimate of drug-likeness (QED) is 0.714. The van der Waals surface area contributed by atoms with Crippen LogP contribution in [0.15, 0.2) is 29.1 Å². The first-order valence-electron chi connectivity index (χ1n) is 10.6. The molecule has 2 saturated heterocycles. The van der Waals surface area contributed by atoms with E-state index in [9.17, 15) is 4.79 Å². The van der Waals surface area contributed by atoms with Gasteiger partial charge in [0.15, 0.2) is 0 Å². The molecule has 4 heterocycles. The monoisotopic (exact) mass is 412 g/mol. The van der Waals surface area contributed by atoms with Gasteiger partial charge in [-0.05, 0) is 56.3 Å². The number of piperidine rings is 2. The Morgan fingerprint density at radius 1 is 1.07 bits per heavy atom. The number of para-hydroxylation sites is 2. The molecule has 3 aromatic rings. The molecule has 0 saturated carbocycles. The third-order valence-electron chi connectivity index (χ3n) is 6.67. The highest BCUT2D eigenvalue weighted by Crippen LogP contribution is 2.28. The fraction of sp³-hybridized carbons (Fsp3) is 0.571. The van der Waals surface area contributed by atoms with Crippen molar-refractivity contribution in [1.82, 2.24) is 28.9 Å². The lowest BCUT2D eigenvalue weighted by molar-refractivity contribution is 0.0772. The molecule has 0 bridgehead atoms. The fourth-order valence-electron chi connectivity index (χ4n) is 4.99. The summed E-state index contributed by atoms with van der Waals surface area (Å²) in [6.45, 7) is 7.49. The molecule has 5 rings (SSSR count). The molecule has 0 radical (unpaired) electrons. The highest BCUT2D eigenvalue weighted by molar-refractivity contribution is 7.05. The van der Waals surface area contributed by atoms with Gasteiger partial charge in [-0.1, -0.05) is 16.6 Å². The minimum Gasteiger partial charge on any atom is -0.306 e. The SMILES string of the molecule is Cc1nnsc1CN1CCC(N2CCC(n3c(=O)[nH]c4ccccc43)CC2)CC1. The van der Waals surface area contributed by atoms with E-state index >= 15 is 0 Å². The molecule has 0 amide bonds. The summed E-state index contributed by atoms with van der Waals surface area (Å²) >= 11 is 1.53. The molecule has 2 aliphatic rings. The van der Waals surface area contributed by atoms with Crippen LogP contribution in [0, 0.1) is 6.92 Å². The predicted octanol–water partition coefficient (Wildman–Crippen LogP) is 2.79. The lowest BCUT2D eigenvalue weighted by atomic mass is 9.97. The number of hydrogen-bond acceptors (Lipinski definition) is 6. The molecule has 1 N–H and O–H groups in total. The maximum absolute atomic E-state index is 12.5. The van der Waals surface area contributed by atoms with Crippen molar-refractivity contribution in [3.63, 3.8) is 0 Å². The van der Waals surface area contributed by atoms with E-state index < -0.39 is 0 Å². The topological polar surface area (TPSA) is 70.1 Å². The van der Waals surface area contributed by atoms with E-state index in [1.165, 1.54) is 29.3 Å². The van der Waals surface area contributed by atoms with Crippen LogP contribution in [0.4, 0.5) is 0 Å². The number of H-pyrrole nitrogens is 1. The third-order valence-corrected chi connectivity index (χ3v) is 7.48. The van der Waals surface area contributed by atoms with Crippen LogP contribution in [0.3, 0.4) is 0 Å². The first-order valence-corrected chi connectivity index (χ1v) is 11.4. The smallest absolute Gasteiger partial charge is 0.306 e. The number of fused-ring (bicyclic) bond motifs is 1. The van der Waals surface area contributed by atoms with Crippen LogP contribution < -0.4 is 5.69 Å². The van der Waals surface area contributed by atoms with E-state index in [2.05, 4.69) is 37.4 Å². The zero-order chi connectivity index (χ0) is 19.8. The maximum Gasteiger partial charge on any atom is 0.326 e. The Balaban J connectivity index is 1.17. The van der Waals surface area contributed by atoms with E-state index in [0.717, 1.165) is 62.3 Å². The summed E-state index contributed by atoms with van der Waals surface area (Å²) in [4.78, 5) is 22.0. The largest absolute Gasteiger partial charge is 0.326 e. The van der Waals surface area contributed by atoms with Gasteiger partial charge in [0.1, 0.15) is 0 Å². The van der Waals surface area contributed by atoms with Crippen LogP contribution in [0.1, 0.15) is 42.3 Å². The Labute approximate surface area is 174 Å². The average molecular weight is 413 g/mol. The highest BCUT2D eigenvalue weighted by Gasteiger charge is 2.30. The maximum atomic E-state index is 12.5. The van der Waals surface area contributed by atoms with E-state index in [-0.39, 0.29) is 5.69 Å². The highest BCUT2D eigenvalue weighted by atomic mass is 32.1. The minimum atomic E-state index is 0.0332. The molecule has 0 spiro atoms. The van der Waals surface area contributed by atoms with Crippen molar-refractivity contribution >= 4 is 22.6 Å². The Kier molecular flexibility index (Phi) is 5.24. The first kappa shape index (κ1) is 19.0. The number of nitrogens with zero attached hydrogens (tertiary/aromatic N) is 5. The second kappa shape index (κ2) is 8.01. The number of likely N-dealkylation sites (tertiary alicyclic amines) is 2. The summed E-state index contributed by atoms with van der Waals surface area (Å²) in [6.07, 6.45) is 4.55. The van der Waals surface area contributed by atoms with Gasteiger partial charge in [-0.2, -0.15) is 0 Å². The van der Waals surface area contributed by atoms with Crippen molar-refractivity contribution in [1.29, 1.82) is 0 Å². The summed E-state index contributed by atoms with van der Waals surface area (Å²) in [5.41, 5.74) is 3.09. The molecule has 1 aromatic carbocycles. The van der Waals surface area contributed by atoms with Crippen molar-refractivity contribution < 1.29 is 0 Å². The molecule has 29 heavy (non-hydrogen) atoms. The second-order valence-corrected chi connectivity index (χ2v) is 9.21. The van der Waals surface area contributed by atoms with Gasteiger partial charge in [0, 0.05) is 44.8 Å². The van der Waals surface area contributed by atoms with Crippen LogP contribution in [0.2, 0.25) is 0 Å². The summed E-state index contributed by atoms with van der Waals surface area (Å²) < 4.78 is 6.05. The number of benzene rings is 1. The van der Waals surface area contributed by atoms with Crippen molar-refractivity contribution in [3.8, 4) is 0 Å². The molecular weight excluding hydrogens is 384 g/mol. The van der Waals surface area contributed by atoms with Crippen molar-refractivity contribution in [3.05, 3.63) is 45.3 Å². The second-order valence-electron chi connectivity index (χ2n) is 8.37. The molecule has 0 unspecified atom stereocenters. The van der Waals surface area contributed by atoms with E-state index in [4.69, 9.17) is 0 Å². The Morgan fingerprint density at radius 2 is 1.79 bits per heavy atom. The normalized spacial score (nSPS) is 20.6. The predicted molar refractivity (Wildman–Crippen MR) is 115 cm³/mol. The molecule has 2 fully saturated rings. The van der Waals surface area contributed by atoms with Crippen LogP contribution in [0.25, 0.3) is 11.0 Å². The number of imidazole rings is 1. The number of aromatic nitrogens is 4. The molecule has 154 valence electrons. The van der Waals surface area contributed by atoms with Crippen LogP contribution >= 0.6 is 11.5 Å². The van der Waals surface area contributed by atoms with Gasteiger partial charge >= 0.3 is 5.69 Å². The van der Waals surface area contributed by atoms with Gasteiger partial charge in [0.2, 0.25) is 0 Å². The Hall–Kier alpha value is -2.03. The standard InChI is InChI=1S/C21H28N6OS/c1-15-20(29-24-23-15)14-25-10-6-16(7-11-25)26-12-8-17(9-13-26)27-19-5-3-2-4-18(19)22-21(27)28/h2-5,16-17H,6-14H2,1H3,(H,22,28). The molecule has 7 nitrogen and oxygen atoms in total. The summed E-state index contributed by atoms with van der Waals surface area (Å²) in [5, 5.41) is 4.13. The van der Waals surface area contributed by atoms with E-state index in [1.54, 1.807) is 0 Å². The molecule has 0 atom stereocenters. The number of aryl methyl sites for hydroxylation is 1. The first-order chi connectivity index (χ1) is 14.2. The van der Waals surface area contributed by atoms with Gasteiger partial charge in [-0.15, -0.1) is 5.10 Å². The lowest BCUT2D eigenvalue weighted by Crippen LogP contribution is -2.48. The molecule has 2 aliphatic heterocycles. The van der Waals surface area contributed by atoms with Gasteiger partial charge in [-0.3, -0.25) is 9.47 Å². The lowest BCUT2D eigenvalue weighted by Gasteiger charge is -2.41. The van der Waals surface area contributed by atoms with Gasteiger partial charge in [0.05, 0.1) is 21.6 Å². The molecule has 8 heteroatoms. The summed E-state index contributed by atoms with van der Waals surface area (Å²) in [7, 11) is 0. The minimum absolute atomic E-state index is 0.0332. The van der Waals surface area contributed by atoms with Gasteiger partial charge < -0.3 is 9.88 Å². The average Bonchev–Trinajstić information content (AvgIpc) is 3.30. The Morgan fingerprint density at radius 3 is 2.52 bits per heavy atom. The van der Waals surface area contributed by atoms with Crippen LogP contribution in [-0.2, 0) is 6.54 Å². The molecule has 2 aromatic heterocycles. The zero-order valence-corrected chi connectivity index (χ0v) is 17.7. The van der Waals surface area contributed by atoms with E-state index in [0.29, 0.717) is 12.1 Å². The Bertz CT molecular complexity index is 1020. The number of nitrogens with one attached hydrogen (secondary N) is 1. The van der Waals surface area contributed by atoms with Gasteiger partial charge in [-0.25, -0.2) is 4.79 Å². The van der Waals surface area contributed by atoms with E-state index in [1.807, 2.05) is 22.8 Å². The zero-order valence-electron chi connectivity index (χ0n) is 16.9. The fourth-order valence-corrected chi connectivity index (χ4v) is 5.66. The summed E-state index contributed by atoms with van der Waals surface area (Å²) in [5.74, 6) is 0. The van der Waals surface area contributed by atoms with Crippen molar-refractivity contribution in [2.45, 2.75) is 51.2 Å². The van der Waals surface area contributed by atoms with Gasteiger partial charge in [0.25, 0.3) is 0 Å². The number of aromatic amines is 1. The van der Waals surface area contributed by atoms with Crippen molar-refractivity contribution in [2.24, 2.45) is 0 Å². The number of hydrogen-bond donors (Lipinski definition) is 1. The van der Waals surface area contributed by atoms with Crippen LogP contribution in [0.5, 0.6) is 0 Å². The molecule has 0 aliphatic carbocycles. The third kappa shape index (κ3) is 3.76. The summed E-state index contributed by atoms with van der Waals surface area (Å²) in [6, 6.07) is 9.00. The molecular formula is C21H28N6OS. The number of rotatable bonds is 4. The van der Waals surface area contributed by atoms with Crippen LogP contribution in [-0.4, -0.2) is 61.2 Å².